The van der Waals surface area contributed by atoms with E-state index in [0.29, 0.717) is 33.9 Å². The van der Waals surface area contributed by atoms with Crippen molar-refractivity contribution >= 4 is 34.8 Å². The molecule has 0 bridgehead atoms. The Morgan fingerprint density at radius 3 is 2.20 bits per heavy atom. The smallest absolute Gasteiger partial charge is 0.343 e. The van der Waals surface area contributed by atoms with Gasteiger partial charge in [0.1, 0.15) is 11.5 Å². The number of hydrogen-bond donors (Lipinski definition) is 2. The number of nitrogens with one attached hydrogen (secondary N) is 2. The minimum absolute atomic E-state index is 0.263. The van der Waals surface area contributed by atoms with Crippen LogP contribution in [-0.2, 0) is 4.79 Å². The SMILES string of the molecule is COc1ccc(C(=O)Oc2ccc3ccccc3c2/C=N/NC(=O)CNC(=O)c2ccc(OC)c(OC)c2)cc1. The van der Waals surface area contributed by atoms with Gasteiger partial charge in [-0.3, -0.25) is 9.59 Å². The highest BCUT2D eigenvalue weighted by molar-refractivity contribution is 6.04. The van der Waals surface area contributed by atoms with Gasteiger partial charge in [-0.2, -0.15) is 5.10 Å². The van der Waals surface area contributed by atoms with Gasteiger partial charge in [0, 0.05) is 11.1 Å². The number of amides is 2. The summed E-state index contributed by atoms with van der Waals surface area (Å²) < 4.78 is 21.2. The van der Waals surface area contributed by atoms with Gasteiger partial charge in [-0.25, -0.2) is 10.2 Å². The zero-order valence-electron chi connectivity index (χ0n) is 22.1. The van der Waals surface area contributed by atoms with Crippen LogP contribution in [0, 0.1) is 0 Å². The Labute approximate surface area is 230 Å². The molecule has 204 valence electrons. The lowest BCUT2D eigenvalue weighted by atomic mass is 10.0. The van der Waals surface area contributed by atoms with Crippen LogP contribution in [0.1, 0.15) is 26.3 Å². The molecule has 2 N–H and O–H groups in total. The summed E-state index contributed by atoms with van der Waals surface area (Å²) in [7, 11) is 4.50. The molecule has 40 heavy (non-hydrogen) atoms. The molecule has 0 radical (unpaired) electrons. The molecule has 0 saturated carbocycles. The van der Waals surface area contributed by atoms with Crippen LogP contribution in [-0.4, -0.2) is 51.9 Å². The number of benzene rings is 4. The molecule has 10 nitrogen and oxygen atoms in total. The van der Waals surface area contributed by atoms with Gasteiger partial charge in [-0.15, -0.1) is 0 Å². The van der Waals surface area contributed by atoms with Crippen molar-refractivity contribution in [2.45, 2.75) is 0 Å². The lowest BCUT2D eigenvalue weighted by Crippen LogP contribution is -2.34. The van der Waals surface area contributed by atoms with Crippen molar-refractivity contribution in [3.63, 3.8) is 0 Å². The van der Waals surface area contributed by atoms with Crippen molar-refractivity contribution < 1.29 is 33.3 Å². The molecule has 0 spiro atoms. The number of rotatable bonds is 10. The number of methoxy groups -OCH3 is 3. The average Bonchev–Trinajstić information content (AvgIpc) is 3.00. The molecule has 10 heteroatoms. The fourth-order valence-electron chi connectivity index (χ4n) is 3.83. The molecule has 2 amide bonds. The summed E-state index contributed by atoms with van der Waals surface area (Å²) in [5.41, 5.74) is 3.52. The predicted octanol–water partition coefficient (Wildman–Crippen LogP) is 3.96. The maximum absolute atomic E-state index is 12.8. The van der Waals surface area contributed by atoms with Crippen molar-refractivity contribution in [3.8, 4) is 23.0 Å². The summed E-state index contributed by atoms with van der Waals surface area (Å²) >= 11 is 0. The van der Waals surface area contributed by atoms with E-state index in [-0.39, 0.29) is 12.3 Å². The Morgan fingerprint density at radius 2 is 1.48 bits per heavy atom. The third-order valence-electron chi connectivity index (χ3n) is 5.90. The van der Waals surface area contributed by atoms with Crippen LogP contribution in [0.3, 0.4) is 0 Å². The largest absolute Gasteiger partial charge is 0.497 e. The van der Waals surface area contributed by atoms with E-state index in [1.807, 2.05) is 30.3 Å². The quantitative estimate of drug-likeness (QED) is 0.135. The highest BCUT2D eigenvalue weighted by Gasteiger charge is 2.15. The molecular formula is C30H27N3O7. The van der Waals surface area contributed by atoms with E-state index in [1.165, 1.54) is 26.5 Å². The van der Waals surface area contributed by atoms with E-state index in [1.54, 1.807) is 49.6 Å². The van der Waals surface area contributed by atoms with Crippen molar-refractivity contribution in [2.75, 3.05) is 27.9 Å². The van der Waals surface area contributed by atoms with Crippen LogP contribution in [0.5, 0.6) is 23.0 Å². The third-order valence-corrected chi connectivity index (χ3v) is 5.90. The molecule has 4 aromatic rings. The van der Waals surface area contributed by atoms with Crippen molar-refractivity contribution in [1.82, 2.24) is 10.7 Å². The molecule has 0 aliphatic heterocycles. The molecule has 0 aromatic heterocycles. The van der Waals surface area contributed by atoms with Gasteiger partial charge < -0.3 is 24.3 Å². The van der Waals surface area contributed by atoms with Gasteiger partial charge in [-0.1, -0.05) is 30.3 Å². The van der Waals surface area contributed by atoms with Crippen molar-refractivity contribution in [1.29, 1.82) is 0 Å². The van der Waals surface area contributed by atoms with Gasteiger partial charge in [-0.05, 0) is 59.3 Å². The molecular weight excluding hydrogens is 514 g/mol. The second-order valence-electron chi connectivity index (χ2n) is 8.36. The number of fused-ring (bicyclic) bond motifs is 1. The van der Waals surface area contributed by atoms with Crippen molar-refractivity contribution in [2.24, 2.45) is 5.10 Å². The topological polar surface area (TPSA) is 125 Å². The summed E-state index contributed by atoms with van der Waals surface area (Å²) in [6, 6.07) is 22.2. The summed E-state index contributed by atoms with van der Waals surface area (Å²) in [5, 5.41) is 8.22. The van der Waals surface area contributed by atoms with Gasteiger partial charge in [0.15, 0.2) is 11.5 Å². The highest BCUT2D eigenvalue weighted by Crippen LogP contribution is 2.28. The molecule has 0 heterocycles. The first kappa shape index (κ1) is 27.6. The monoisotopic (exact) mass is 541 g/mol. The normalized spacial score (nSPS) is 10.7. The van der Waals surface area contributed by atoms with Crippen LogP contribution in [0.4, 0.5) is 0 Å². The molecule has 0 aliphatic carbocycles. The van der Waals surface area contributed by atoms with E-state index in [0.717, 1.165) is 10.8 Å². The first-order valence-corrected chi connectivity index (χ1v) is 12.1. The Kier molecular flexibility index (Phi) is 8.93. The number of hydrogen-bond acceptors (Lipinski definition) is 8. The maximum atomic E-state index is 12.8. The zero-order chi connectivity index (χ0) is 28.5. The fraction of sp³-hybridized carbons (Fsp3) is 0.133. The Morgan fingerprint density at radius 1 is 0.775 bits per heavy atom. The standard InChI is InChI=1S/C30H27N3O7/c1-37-22-12-8-20(9-13-22)30(36)40-25-14-10-19-6-4-5-7-23(19)24(25)17-32-33-28(34)18-31-29(35)21-11-15-26(38-2)27(16-21)39-3/h4-17H,18H2,1-3H3,(H,31,35)(H,33,34)/b32-17+. The minimum Gasteiger partial charge on any atom is -0.497 e. The summed E-state index contributed by atoms with van der Waals surface area (Å²) in [6.45, 7) is -0.320. The van der Waals surface area contributed by atoms with E-state index in [4.69, 9.17) is 18.9 Å². The van der Waals surface area contributed by atoms with Crippen LogP contribution in [0.15, 0.2) is 84.0 Å². The first-order chi connectivity index (χ1) is 19.4. The number of esters is 1. The van der Waals surface area contributed by atoms with E-state index in [9.17, 15) is 14.4 Å². The van der Waals surface area contributed by atoms with E-state index in [2.05, 4.69) is 15.8 Å². The fourth-order valence-corrected chi connectivity index (χ4v) is 3.83. The molecule has 0 saturated heterocycles. The molecule has 0 fully saturated rings. The van der Waals surface area contributed by atoms with Crippen LogP contribution < -0.4 is 29.7 Å². The number of nitrogens with zero attached hydrogens (tertiary/aromatic N) is 1. The van der Waals surface area contributed by atoms with E-state index < -0.39 is 17.8 Å². The summed E-state index contributed by atoms with van der Waals surface area (Å²) in [5.74, 6) is 0.167. The average molecular weight is 542 g/mol. The molecule has 0 unspecified atom stereocenters. The number of ether oxygens (including phenoxy) is 4. The van der Waals surface area contributed by atoms with Gasteiger partial charge in [0.2, 0.25) is 0 Å². The lowest BCUT2D eigenvalue weighted by Gasteiger charge is -2.11. The van der Waals surface area contributed by atoms with Crippen LogP contribution in [0.2, 0.25) is 0 Å². The Hall–Kier alpha value is -5.38. The van der Waals surface area contributed by atoms with E-state index >= 15 is 0 Å². The zero-order valence-corrected chi connectivity index (χ0v) is 22.1. The molecule has 0 aliphatic rings. The van der Waals surface area contributed by atoms with Gasteiger partial charge in [0.05, 0.1) is 39.7 Å². The molecule has 0 atom stereocenters. The third kappa shape index (κ3) is 6.54. The van der Waals surface area contributed by atoms with Crippen molar-refractivity contribution in [3.05, 3.63) is 95.6 Å². The molecule has 4 rings (SSSR count). The lowest BCUT2D eigenvalue weighted by molar-refractivity contribution is -0.120. The first-order valence-electron chi connectivity index (χ1n) is 12.1. The second kappa shape index (κ2) is 12.9. The highest BCUT2D eigenvalue weighted by atomic mass is 16.5. The number of carbonyl (C=O) groups is 3. The molecule has 4 aromatic carbocycles. The Balaban J connectivity index is 1.44. The number of carbonyl (C=O) groups excluding carboxylic acids is 3. The second-order valence-corrected chi connectivity index (χ2v) is 8.36. The van der Waals surface area contributed by atoms with Crippen LogP contribution >= 0.6 is 0 Å². The minimum atomic E-state index is -0.561. The summed E-state index contributed by atoms with van der Waals surface area (Å²) in [6.07, 6.45) is 1.40. The maximum Gasteiger partial charge on any atom is 0.343 e. The predicted molar refractivity (Wildman–Crippen MR) is 150 cm³/mol. The Bertz CT molecular complexity index is 1570. The van der Waals surface area contributed by atoms with Gasteiger partial charge in [0.25, 0.3) is 11.8 Å². The summed E-state index contributed by atoms with van der Waals surface area (Å²) in [4.78, 5) is 37.6. The van der Waals surface area contributed by atoms with Crippen LogP contribution in [0.25, 0.3) is 10.8 Å². The number of hydrazone groups is 1. The van der Waals surface area contributed by atoms with Gasteiger partial charge >= 0.3 is 5.97 Å².